The first kappa shape index (κ1) is 19.3. The number of nitrogens with zero attached hydrogens (tertiary/aromatic N) is 1. The van der Waals surface area contributed by atoms with Crippen LogP contribution in [0.2, 0.25) is 0 Å². The number of aromatic amines is 2. The van der Waals surface area contributed by atoms with E-state index in [1.807, 2.05) is 6.20 Å². The molecule has 2 aromatic rings. The average molecular weight is 384 g/mol. The molecule has 0 unspecified atom stereocenters. The Labute approximate surface area is 151 Å². The fourth-order valence-electron chi connectivity index (χ4n) is 3.24. The Morgan fingerprint density at radius 2 is 2.00 bits per heavy atom. The third kappa shape index (κ3) is 4.24. The summed E-state index contributed by atoms with van der Waals surface area (Å²) in [4.78, 5) is 21.6. The Morgan fingerprint density at radius 1 is 1.23 bits per heavy atom. The topological polar surface area (TPSA) is 118 Å². The largest absolute Gasteiger partial charge is 0.367 e. The van der Waals surface area contributed by atoms with Crippen LogP contribution in [0.4, 0.5) is 0 Å². The third-order valence-electron chi connectivity index (χ3n) is 4.33. The third-order valence-corrected chi connectivity index (χ3v) is 6.14. The standard InChI is InChI=1S/C16H25N4O5P/c1-3-24-26(22,25-4-2)10-23-8-11-5-6-13(20-11)12-7-17-15-14(12)18-9-19-16(15)21/h7,9,11,13,17,20H,3-6,8,10H2,1-2H3,(H,18,19,21)/t11-,13+/m0/s1. The Balaban J connectivity index is 1.56. The van der Waals surface area contributed by atoms with Crippen molar-refractivity contribution in [2.45, 2.75) is 38.8 Å². The molecular formula is C16H25N4O5P. The van der Waals surface area contributed by atoms with Crippen LogP contribution in [0.25, 0.3) is 11.0 Å². The minimum Gasteiger partial charge on any atom is -0.367 e. The van der Waals surface area contributed by atoms with E-state index in [-0.39, 0.29) is 24.0 Å². The molecule has 1 aliphatic heterocycles. The molecule has 0 amide bonds. The quantitative estimate of drug-likeness (QED) is 0.568. The summed E-state index contributed by atoms with van der Waals surface area (Å²) in [7, 11) is -3.18. The first-order valence-corrected chi connectivity index (χ1v) is 10.6. The highest BCUT2D eigenvalue weighted by Gasteiger charge is 2.29. The van der Waals surface area contributed by atoms with Gasteiger partial charge in [-0.15, -0.1) is 0 Å². The van der Waals surface area contributed by atoms with E-state index in [0.717, 1.165) is 18.4 Å². The van der Waals surface area contributed by atoms with Crippen LogP contribution in [-0.2, 0) is 18.3 Å². The summed E-state index contributed by atoms with van der Waals surface area (Å²) in [5.74, 6) is 0. The number of fused-ring (bicyclic) bond motifs is 1. The summed E-state index contributed by atoms with van der Waals surface area (Å²) in [6, 6.07) is 0.223. The molecule has 2 atom stereocenters. The summed E-state index contributed by atoms with van der Waals surface area (Å²) in [5, 5.41) is 3.49. The molecule has 3 rings (SSSR count). The van der Waals surface area contributed by atoms with E-state index < -0.39 is 7.60 Å². The number of hydrogen-bond acceptors (Lipinski definition) is 7. The van der Waals surface area contributed by atoms with E-state index >= 15 is 0 Å². The fraction of sp³-hybridized carbons (Fsp3) is 0.625. The van der Waals surface area contributed by atoms with Crippen molar-refractivity contribution in [1.82, 2.24) is 20.3 Å². The van der Waals surface area contributed by atoms with Gasteiger partial charge < -0.3 is 29.1 Å². The Bertz CT molecular complexity index is 825. The smallest absolute Gasteiger partial charge is 0.356 e. The van der Waals surface area contributed by atoms with Gasteiger partial charge >= 0.3 is 7.60 Å². The molecule has 144 valence electrons. The molecule has 3 N–H and O–H groups in total. The van der Waals surface area contributed by atoms with Gasteiger partial charge in [-0.1, -0.05) is 0 Å². The van der Waals surface area contributed by atoms with Crippen molar-refractivity contribution >= 4 is 18.6 Å². The molecule has 26 heavy (non-hydrogen) atoms. The molecule has 2 aromatic heterocycles. The molecule has 0 spiro atoms. The maximum Gasteiger partial charge on any atom is 0.356 e. The van der Waals surface area contributed by atoms with Gasteiger partial charge in [0.2, 0.25) is 0 Å². The molecule has 0 aromatic carbocycles. The SMILES string of the molecule is CCOP(=O)(COC[C@@H]1CC[C@H](c2c[nH]c3c(=O)[nH]cnc23)N1)OCC. The Morgan fingerprint density at radius 3 is 2.73 bits per heavy atom. The summed E-state index contributed by atoms with van der Waals surface area (Å²) < 4.78 is 28.4. The number of ether oxygens (including phenoxy) is 1. The maximum absolute atomic E-state index is 12.4. The molecule has 0 aliphatic carbocycles. The Hall–Kier alpha value is -1.51. The monoisotopic (exact) mass is 384 g/mol. The zero-order valence-corrected chi connectivity index (χ0v) is 15.9. The van der Waals surface area contributed by atoms with Crippen molar-refractivity contribution in [3.8, 4) is 0 Å². The van der Waals surface area contributed by atoms with E-state index in [1.165, 1.54) is 6.33 Å². The van der Waals surface area contributed by atoms with Crippen molar-refractivity contribution in [3.05, 3.63) is 28.4 Å². The number of hydrogen-bond donors (Lipinski definition) is 3. The maximum atomic E-state index is 12.4. The van der Waals surface area contributed by atoms with Gasteiger partial charge in [0.05, 0.1) is 26.1 Å². The van der Waals surface area contributed by atoms with Crippen molar-refractivity contribution < 1.29 is 18.3 Å². The van der Waals surface area contributed by atoms with Gasteiger partial charge in [0.25, 0.3) is 5.56 Å². The highest BCUT2D eigenvalue weighted by Crippen LogP contribution is 2.47. The molecule has 3 heterocycles. The minimum atomic E-state index is -3.18. The van der Waals surface area contributed by atoms with Gasteiger partial charge in [-0.2, -0.15) is 0 Å². The van der Waals surface area contributed by atoms with Gasteiger partial charge in [-0.25, -0.2) is 4.98 Å². The van der Waals surface area contributed by atoms with Crippen molar-refractivity contribution in [3.63, 3.8) is 0 Å². The van der Waals surface area contributed by atoms with Crippen LogP contribution >= 0.6 is 7.60 Å². The number of aromatic nitrogens is 3. The van der Waals surface area contributed by atoms with Crippen LogP contribution in [-0.4, -0.2) is 47.2 Å². The first-order chi connectivity index (χ1) is 12.6. The van der Waals surface area contributed by atoms with Gasteiger partial charge in [0.1, 0.15) is 17.4 Å². The predicted octanol–water partition coefficient (Wildman–Crippen LogP) is 2.28. The van der Waals surface area contributed by atoms with E-state index in [9.17, 15) is 9.36 Å². The lowest BCUT2D eigenvalue weighted by Crippen LogP contribution is -2.29. The summed E-state index contributed by atoms with van der Waals surface area (Å²) in [5.41, 5.74) is 1.97. The van der Waals surface area contributed by atoms with Crippen LogP contribution < -0.4 is 10.9 Å². The van der Waals surface area contributed by atoms with Crippen LogP contribution in [0, 0.1) is 0 Å². The summed E-state index contributed by atoms with van der Waals surface area (Å²) in [6.45, 7) is 4.59. The van der Waals surface area contributed by atoms with Crippen LogP contribution in [0.1, 0.15) is 38.3 Å². The first-order valence-electron chi connectivity index (χ1n) is 8.83. The highest BCUT2D eigenvalue weighted by molar-refractivity contribution is 7.53. The van der Waals surface area contributed by atoms with E-state index in [2.05, 4.69) is 20.3 Å². The molecule has 10 heteroatoms. The van der Waals surface area contributed by atoms with E-state index in [1.54, 1.807) is 13.8 Å². The van der Waals surface area contributed by atoms with Crippen LogP contribution in [0.3, 0.4) is 0 Å². The molecular weight excluding hydrogens is 359 g/mol. The summed E-state index contributed by atoms with van der Waals surface area (Å²) in [6.07, 6.45) is 5.00. The van der Waals surface area contributed by atoms with E-state index in [0.29, 0.717) is 30.9 Å². The van der Waals surface area contributed by atoms with Crippen LogP contribution in [0.5, 0.6) is 0 Å². The molecule has 1 saturated heterocycles. The lowest BCUT2D eigenvalue weighted by Gasteiger charge is -2.19. The van der Waals surface area contributed by atoms with Gasteiger partial charge in [-0.3, -0.25) is 9.36 Å². The number of H-pyrrole nitrogens is 2. The number of nitrogens with one attached hydrogen (secondary N) is 3. The minimum absolute atomic E-state index is 0.0540. The zero-order valence-electron chi connectivity index (χ0n) is 15.0. The lowest BCUT2D eigenvalue weighted by atomic mass is 10.1. The molecule has 0 radical (unpaired) electrons. The van der Waals surface area contributed by atoms with Crippen LogP contribution in [0.15, 0.2) is 17.3 Å². The van der Waals surface area contributed by atoms with Crippen molar-refractivity contribution in [2.24, 2.45) is 0 Å². The normalized spacial score (nSPS) is 20.8. The van der Waals surface area contributed by atoms with Crippen molar-refractivity contribution in [2.75, 3.05) is 26.2 Å². The fourth-order valence-corrected chi connectivity index (χ4v) is 4.58. The van der Waals surface area contributed by atoms with Gasteiger partial charge in [-0.05, 0) is 26.7 Å². The highest BCUT2D eigenvalue weighted by atomic mass is 31.2. The zero-order chi connectivity index (χ0) is 18.6. The number of rotatable bonds is 9. The molecule has 0 bridgehead atoms. The Kier molecular flexibility index (Phi) is 6.26. The molecule has 1 aliphatic rings. The second-order valence-electron chi connectivity index (χ2n) is 6.14. The lowest BCUT2D eigenvalue weighted by molar-refractivity contribution is 0.118. The predicted molar refractivity (Wildman–Crippen MR) is 97.3 cm³/mol. The van der Waals surface area contributed by atoms with Crippen molar-refractivity contribution in [1.29, 1.82) is 0 Å². The second kappa shape index (κ2) is 8.45. The molecule has 0 saturated carbocycles. The molecule has 9 nitrogen and oxygen atoms in total. The van der Waals surface area contributed by atoms with Gasteiger partial charge in [0, 0.05) is 23.8 Å². The summed E-state index contributed by atoms with van der Waals surface area (Å²) >= 11 is 0. The molecule has 1 fully saturated rings. The van der Waals surface area contributed by atoms with E-state index in [4.69, 9.17) is 13.8 Å². The van der Waals surface area contributed by atoms with Gasteiger partial charge in [0.15, 0.2) is 0 Å². The average Bonchev–Trinajstić information content (AvgIpc) is 3.22. The second-order valence-corrected chi connectivity index (χ2v) is 8.14.